The third kappa shape index (κ3) is 5.80. The van der Waals surface area contributed by atoms with E-state index in [1.807, 2.05) is 4.90 Å². The van der Waals surface area contributed by atoms with Gasteiger partial charge in [-0.05, 0) is 45.2 Å². The van der Waals surface area contributed by atoms with Crippen LogP contribution in [0, 0.1) is 5.92 Å². The molecule has 1 fully saturated rings. The summed E-state index contributed by atoms with van der Waals surface area (Å²) >= 11 is 0. The Morgan fingerprint density at radius 2 is 1.85 bits per heavy atom. The third-order valence-corrected chi connectivity index (χ3v) is 4.59. The topological polar surface area (TPSA) is 35.6 Å². The van der Waals surface area contributed by atoms with Crippen molar-refractivity contribution in [2.75, 3.05) is 39.3 Å². The second kappa shape index (κ2) is 9.35. The molecule has 0 spiro atoms. The summed E-state index contributed by atoms with van der Waals surface area (Å²) in [7, 11) is 0. The molecule has 1 heterocycles. The molecule has 1 atom stereocenters. The number of amides is 1. The number of carbonyl (C=O) groups excluding carboxylic acids is 1. The van der Waals surface area contributed by atoms with Crippen LogP contribution in [-0.2, 0) is 4.79 Å². The van der Waals surface area contributed by atoms with E-state index < -0.39 is 0 Å². The smallest absolute Gasteiger partial charge is 0.236 e. The molecular formula is C16H33N3O. The molecule has 1 rings (SSSR count). The van der Waals surface area contributed by atoms with Gasteiger partial charge in [0, 0.05) is 25.7 Å². The van der Waals surface area contributed by atoms with Gasteiger partial charge in [0.2, 0.25) is 5.91 Å². The van der Waals surface area contributed by atoms with Gasteiger partial charge in [-0.1, -0.05) is 20.8 Å². The summed E-state index contributed by atoms with van der Waals surface area (Å²) in [6.07, 6.45) is 3.39. The van der Waals surface area contributed by atoms with Crippen molar-refractivity contribution in [1.29, 1.82) is 0 Å². The largest absolute Gasteiger partial charge is 0.342 e. The highest BCUT2D eigenvalue weighted by Gasteiger charge is 2.23. The zero-order valence-corrected chi connectivity index (χ0v) is 13.8. The molecule has 0 saturated carbocycles. The summed E-state index contributed by atoms with van der Waals surface area (Å²) in [6.45, 7) is 14.6. The number of carbonyl (C=O) groups is 1. The van der Waals surface area contributed by atoms with Crippen LogP contribution in [0.4, 0.5) is 0 Å². The first-order chi connectivity index (χ1) is 9.60. The van der Waals surface area contributed by atoms with Gasteiger partial charge in [-0.15, -0.1) is 0 Å². The van der Waals surface area contributed by atoms with Crippen molar-refractivity contribution in [2.24, 2.45) is 5.92 Å². The van der Waals surface area contributed by atoms with Gasteiger partial charge >= 0.3 is 0 Å². The second-order valence-corrected chi connectivity index (χ2v) is 6.00. The highest BCUT2D eigenvalue weighted by Crippen LogP contribution is 2.18. The van der Waals surface area contributed by atoms with Crippen molar-refractivity contribution in [3.63, 3.8) is 0 Å². The SMILES string of the molecule is CCC(C)NCC(=O)N1CCC(CN(CC)CC)CC1. The zero-order valence-electron chi connectivity index (χ0n) is 13.8. The molecule has 0 radical (unpaired) electrons. The number of hydrogen-bond acceptors (Lipinski definition) is 3. The minimum atomic E-state index is 0.270. The molecule has 1 N–H and O–H groups in total. The van der Waals surface area contributed by atoms with Crippen molar-refractivity contribution in [2.45, 2.75) is 53.0 Å². The monoisotopic (exact) mass is 283 g/mol. The molecule has 1 unspecified atom stereocenters. The van der Waals surface area contributed by atoms with Crippen LogP contribution in [0.25, 0.3) is 0 Å². The van der Waals surface area contributed by atoms with Gasteiger partial charge in [0.1, 0.15) is 0 Å². The first-order valence-electron chi connectivity index (χ1n) is 8.34. The molecule has 1 aliphatic heterocycles. The Hall–Kier alpha value is -0.610. The molecule has 4 nitrogen and oxygen atoms in total. The molecule has 0 aromatic heterocycles. The quantitative estimate of drug-likeness (QED) is 0.739. The van der Waals surface area contributed by atoms with Gasteiger partial charge in [0.05, 0.1) is 6.54 Å². The van der Waals surface area contributed by atoms with Crippen LogP contribution in [0.1, 0.15) is 47.0 Å². The number of nitrogens with zero attached hydrogens (tertiary/aromatic N) is 2. The maximum atomic E-state index is 12.1. The first kappa shape index (κ1) is 17.4. The summed E-state index contributed by atoms with van der Waals surface area (Å²) in [6, 6.07) is 0.430. The van der Waals surface area contributed by atoms with Crippen molar-refractivity contribution < 1.29 is 4.79 Å². The van der Waals surface area contributed by atoms with Crippen LogP contribution < -0.4 is 5.32 Å². The Kier molecular flexibility index (Phi) is 8.15. The predicted octanol–water partition coefficient (Wildman–Crippen LogP) is 1.95. The normalized spacial score (nSPS) is 18.6. The van der Waals surface area contributed by atoms with Crippen LogP contribution in [0.2, 0.25) is 0 Å². The van der Waals surface area contributed by atoms with Crippen LogP contribution in [0.15, 0.2) is 0 Å². The fraction of sp³-hybridized carbons (Fsp3) is 0.938. The van der Waals surface area contributed by atoms with E-state index in [1.54, 1.807) is 0 Å². The molecule has 1 amide bonds. The summed E-state index contributed by atoms with van der Waals surface area (Å²) < 4.78 is 0. The van der Waals surface area contributed by atoms with E-state index in [-0.39, 0.29) is 5.91 Å². The van der Waals surface area contributed by atoms with E-state index in [1.165, 1.54) is 6.54 Å². The van der Waals surface area contributed by atoms with Crippen molar-refractivity contribution in [3.05, 3.63) is 0 Å². The third-order valence-electron chi connectivity index (χ3n) is 4.59. The van der Waals surface area contributed by atoms with E-state index in [9.17, 15) is 4.79 Å². The van der Waals surface area contributed by atoms with Crippen LogP contribution in [0.3, 0.4) is 0 Å². The van der Waals surface area contributed by atoms with Gasteiger partial charge in [-0.3, -0.25) is 4.79 Å². The van der Waals surface area contributed by atoms with Gasteiger partial charge in [-0.25, -0.2) is 0 Å². The predicted molar refractivity (Wildman–Crippen MR) is 84.8 cm³/mol. The average molecular weight is 283 g/mol. The molecule has 0 aliphatic carbocycles. The molecule has 0 aromatic rings. The molecule has 1 saturated heterocycles. The lowest BCUT2D eigenvalue weighted by Crippen LogP contribution is -2.45. The number of likely N-dealkylation sites (tertiary alicyclic amines) is 1. The Labute approximate surface area is 124 Å². The molecular weight excluding hydrogens is 250 g/mol. The molecule has 1 aliphatic rings. The van der Waals surface area contributed by atoms with E-state index in [0.29, 0.717) is 12.6 Å². The standard InChI is InChI=1S/C16H33N3O/c1-5-14(4)17-12-16(20)19-10-8-15(9-11-19)13-18(6-2)7-3/h14-15,17H,5-13H2,1-4H3. The maximum Gasteiger partial charge on any atom is 0.236 e. The van der Waals surface area contributed by atoms with Crippen molar-refractivity contribution in [1.82, 2.24) is 15.1 Å². The molecule has 0 bridgehead atoms. The Morgan fingerprint density at radius 1 is 1.25 bits per heavy atom. The number of nitrogens with one attached hydrogen (secondary N) is 1. The summed E-state index contributed by atoms with van der Waals surface area (Å²) in [4.78, 5) is 16.6. The summed E-state index contributed by atoms with van der Waals surface area (Å²) in [5.74, 6) is 1.04. The van der Waals surface area contributed by atoms with Crippen LogP contribution in [-0.4, -0.2) is 61.0 Å². The van der Waals surface area contributed by atoms with Gasteiger partial charge < -0.3 is 15.1 Å². The van der Waals surface area contributed by atoms with E-state index >= 15 is 0 Å². The Bertz CT molecular complexity index is 271. The first-order valence-corrected chi connectivity index (χ1v) is 8.34. The highest BCUT2D eigenvalue weighted by atomic mass is 16.2. The minimum Gasteiger partial charge on any atom is -0.342 e. The van der Waals surface area contributed by atoms with Gasteiger partial charge in [0.15, 0.2) is 0 Å². The fourth-order valence-corrected chi connectivity index (χ4v) is 2.73. The van der Waals surface area contributed by atoms with E-state index in [0.717, 1.165) is 51.4 Å². The second-order valence-electron chi connectivity index (χ2n) is 6.00. The lowest BCUT2D eigenvalue weighted by atomic mass is 9.96. The number of piperidine rings is 1. The lowest BCUT2D eigenvalue weighted by Gasteiger charge is -2.34. The zero-order chi connectivity index (χ0) is 15.0. The molecule has 0 aromatic carbocycles. The Balaban J connectivity index is 2.25. The van der Waals surface area contributed by atoms with Gasteiger partial charge in [0.25, 0.3) is 0 Å². The minimum absolute atomic E-state index is 0.270. The van der Waals surface area contributed by atoms with E-state index in [2.05, 4.69) is 37.9 Å². The summed E-state index contributed by atoms with van der Waals surface area (Å²) in [5.41, 5.74) is 0. The fourth-order valence-electron chi connectivity index (χ4n) is 2.73. The average Bonchev–Trinajstić information content (AvgIpc) is 2.50. The van der Waals surface area contributed by atoms with Gasteiger partial charge in [-0.2, -0.15) is 0 Å². The lowest BCUT2D eigenvalue weighted by molar-refractivity contribution is -0.131. The molecule has 118 valence electrons. The maximum absolute atomic E-state index is 12.1. The van der Waals surface area contributed by atoms with Crippen LogP contribution in [0.5, 0.6) is 0 Å². The molecule has 20 heavy (non-hydrogen) atoms. The highest BCUT2D eigenvalue weighted by molar-refractivity contribution is 5.78. The van der Waals surface area contributed by atoms with Crippen molar-refractivity contribution >= 4 is 5.91 Å². The van der Waals surface area contributed by atoms with E-state index in [4.69, 9.17) is 0 Å². The summed E-state index contributed by atoms with van der Waals surface area (Å²) in [5, 5.41) is 3.29. The number of hydrogen-bond donors (Lipinski definition) is 1. The van der Waals surface area contributed by atoms with Crippen LogP contribution >= 0.6 is 0 Å². The Morgan fingerprint density at radius 3 is 2.35 bits per heavy atom. The molecule has 4 heteroatoms. The van der Waals surface area contributed by atoms with Crippen molar-refractivity contribution in [3.8, 4) is 0 Å². The number of rotatable bonds is 8.